The predicted molar refractivity (Wildman–Crippen MR) is 78.3 cm³/mol. The molecule has 0 amide bonds. The third-order valence-corrected chi connectivity index (χ3v) is 3.18. The van der Waals surface area contributed by atoms with Crippen molar-refractivity contribution < 1.29 is 4.39 Å². The van der Waals surface area contributed by atoms with Crippen LogP contribution < -0.4 is 4.90 Å². The fourth-order valence-electron chi connectivity index (χ4n) is 1.65. The highest BCUT2D eigenvalue weighted by molar-refractivity contribution is 9.10. The summed E-state index contributed by atoms with van der Waals surface area (Å²) in [6, 6.07) is 8.16. The van der Waals surface area contributed by atoms with Gasteiger partial charge in [0.15, 0.2) is 0 Å². The van der Waals surface area contributed by atoms with Crippen LogP contribution in [0.25, 0.3) is 0 Å². The third-order valence-electron chi connectivity index (χ3n) is 2.77. The highest BCUT2D eigenvalue weighted by atomic mass is 79.9. The number of rotatable bonds is 3. The molecule has 1 aromatic carbocycles. The largest absolute Gasteiger partial charge is 0.329 e. The fraction of sp³-hybridized carbons (Fsp3) is 0.286. The molecule has 19 heavy (non-hydrogen) atoms. The maximum absolute atomic E-state index is 12.9. The smallest absolute Gasteiger partial charge is 0.137 e. The van der Waals surface area contributed by atoms with Crippen LogP contribution in [0.1, 0.15) is 25.6 Å². The highest BCUT2D eigenvalue weighted by Crippen LogP contribution is 2.25. The number of benzene rings is 1. The second kappa shape index (κ2) is 5.65. The van der Waals surface area contributed by atoms with Crippen molar-refractivity contribution in [1.29, 1.82) is 0 Å². The van der Waals surface area contributed by atoms with Gasteiger partial charge in [0.2, 0.25) is 0 Å². The molecule has 5 heteroatoms. The first-order chi connectivity index (χ1) is 8.97. The van der Waals surface area contributed by atoms with Crippen molar-refractivity contribution in [3.8, 4) is 0 Å². The Kier molecular flexibility index (Phi) is 4.14. The van der Waals surface area contributed by atoms with Gasteiger partial charge in [0.25, 0.3) is 0 Å². The Hall–Kier alpha value is -1.49. The maximum atomic E-state index is 12.9. The average Bonchev–Trinajstić information content (AvgIpc) is 2.38. The van der Waals surface area contributed by atoms with Crippen molar-refractivity contribution in [2.75, 3.05) is 11.9 Å². The maximum Gasteiger partial charge on any atom is 0.137 e. The van der Waals surface area contributed by atoms with Crippen LogP contribution in [0.3, 0.4) is 0 Å². The third kappa shape index (κ3) is 3.29. The molecule has 1 heterocycles. The van der Waals surface area contributed by atoms with Gasteiger partial charge >= 0.3 is 0 Å². The number of halogens is 2. The molecule has 100 valence electrons. The quantitative estimate of drug-likeness (QED) is 0.790. The lowest BCUT2D eigenvalue weighted by atomic mass is 10.2. The molecule has 0 spiro atoms. The summed E-state index contributed by atoms with van der Waals surface area (Å²) >= 11 is 3.40. The molecular formula is C14H15BrFN3. The summed E-state index contributed by atoms with van der Waals surface area (Å²) in [6.45, 7) is 4.09. The number of nitrogens with zero attached hydrogens (tertiary/aromatic N) is 3. The van der Waals surface area contributed by atoms with Crippen LogP contribution in [0.2, 0.25) is 0 Å². The lowest BCUT2D eigenvalue weighted by Gasteiger charge is -2.19. The van der Waals surface area contributed by atoms with Crippen molar-refractivity contribution in [3.63, 3.8) is 0 Å². The molecule has 1 aromatic heterocycles. The van der Waals surface area contributed by atoms with Gasteiger partial charge in [0.1, 0.15) is 22.1 Å². The SMILES string of the molecule is CC(C)c1nc(Br)cc(N(C)c2ccc(F)cc2)n1. The van der Waals surface area contributed by atoms with Crippen LogP contribution in [0.4, 0.5) is 15.9 Å². The van der Waals surface area contributed by atoms with Gasteiger partial charge < -0.3 is 4.90 Å². The molecule has 0 aliphatic heterocycles. The van der Waals surface area contributed by atoms with Gasteiger partial charge in [0, 0.05) is 24.7 Å². The summed E-state index contributed by atoms with van der Waals surface area (Å²) in [5.41, 5.74) is 0.877. The molecule has 0 saturated carbocycles. The predicted octanol–water partition coefficient (Wildman–Crippen LogP) is 4.27. The fourth-order valence-corrected chi connectivity index (χ4v) is 2.04. The standard InChI is InChI=1S/C14H15BrFN3/c1-9(2)14-17-12(15)8-13(18-14)19(3)11-6-4-10(16)5-7-11/h4-9H,1-3H3. The molecule has 0 atom stereocenters. The van der Waals surface area contributed by atoms with E-state index in [-0.39, 0.29) is 11.7 Å². The minimum absolute atomic E-state index is 0.246. The summed E-state index contributed by atoms with van der Waals surface area (Å²) in [5, 5.41) is 0. The monoisotopic (exact) mass is 323 g/mol. The minimum atomic E-state index is -0.246. The van der Waals surface area contributed by atoms with Crippen LogP contribution in [-0.4, -0.2) is 17.0 Å². The van der Waals surface area contributed by atoms with Gasteiger partial charge in [-0.3, -0.25) is 0 Å². The van der Waals surface area contributed by atoms with Crippen molar-refractivity contribution in [1.82, 2.24) is 9.97 Å². The van der Waals surface area contributed by atoms with E-state index in [1.54, 1.807) is 12.1 Å². The van der Waals surface area contributed by atoms with E-state index < -0.39 is 0 Å². The van der Waals surface area contributed by atoms with E-state index in [1.807, 2.05) is 31.9 Å². The van der Waals surface area contributed by atoms with E-state index in [1.165, 1.54) is 12.1 Å². The van der Waals surface area contributed by atoms with Gasteiger partial charge in [-0.25, -0.2) is 14.4 Å². The van der Waals surface area contributed by atoms with Crippen LogP contribution in [0, 0.1) is 5.82 Å². The van der Waals surface area contributed by atoms with Crippen LogP contribution in [0.15, 0.2) is 34.9 Å². The highest BCUT2D eigenvalue weighted by Gasteiger charge is 2.11. The molecular weight excluding hydrogens is 309 g/mol. The molecule has 3 nitrogen and oxygen atoms in total. The molecule has 2 aromatic rings. The van der Waals surface area contributed by atoms with Gasteiger partial charge in [-0.15, -0.1) is 0 Å². The van der Waals surface area contributed by atoms with E-state index in [4.69, 9.17) is 0 Å². The van der Waals surface area contributed by atoms with E-state index in [2.05, 4.69) is 25.9 Å². The van der Waals surface area contributed by atoms with Gasteiger partial charge in [-0.05, 0) is 40.2 Å². The lowest BCUT2D eigenvalue weighted by Crippen LogP contribution is -2.13. The Bertz CT molecular complexity index is 569. The summed E-state index contributed by atoms with van der Waals surface area (Å²) in [7, 11) is 1.89. The summed E-state index contributed by atoms with van der Waals surface area (Å²) in [6.07, 6.45) is 0. The zero-order chi connectivity index (χ0) is 14.0. The van der Waals surface area contributed by atoms with Crippen molar-refractivity contribution >= 4 is 27.4 Å². The Morgan fingerprint density at radius 3 is 2.37 bits per heavy atom. The second-order valence-corrected chi connectivity index (χ2v) is 5.41. The van der Waals surface area contributed by atoms with E-state index in [0.29, 0.717) is 0 Å². The zero-order valence-corrected chi connectivity index (χ0v) is 12.6. The van der Waals surface area contributed by atoms with Gasteiger partial charge in [-0.1, -0.05) is 13.8 Å². The summed E-state index contributed by atoms with van der Waals surface area (Å²) in [4.78, 5) is 10.8. The summed E-state index contributed by atoms with van der Waals surface area (Å²) in [5.74, 6) is 1.55. The first-order valence-corrected chi connectivity index (χ1v) is 6.80. The van der Waals surface area contributed by atoms with Gasteiger partial charge in [0.05, 0.1) is 0 Å². The van der Waals surface area contributed by atoms with Gasteiger partial charge in [-0.2, -0.15) is 0 Å². The van der Waals surface area contributed by atoms with Crippen LogP contribution in [-0.2, 0) is 0 Å². The molecule has 0 N–H and O–H groups in total. The van der Waals surface area contributed by atoms with Crippen molar-refractivity contribution in [2.45, 2.75) is 19.8 Å². The summed E-state index contributed by atoms with van der Waals surface area (Å²) < 4.78 is 13.7. The Labute approximate surface area is 120 Å². The molecule has 0 fully saturated rings. The zero-order valence-electron chi connectivity index (χ0n) is 11.1. The number of hydrogen-bond acceptors (Lipinski definition) is 3. The lowest BCUT2D eigenvalue weighted by molar-refractivity contribution is 0.628. The molecule has 0 radical (unpaired) electrons. The van der Waals surface area contributed by atoms with E-state index in [0.717, 1.165) is 21.9 Å². The first-order valence-electron chi connectivity index (χ1n) is 6.01. The van der Waals surface area contributed by atoms with Crippen LogP contribution in [0.5, 0.6) is 0 Å². The number of aromatic nitrogens is 2. The Morgan fingerprint density at radius 2 is 1.79 bits per heavy atom. The molecule has 0 aliphatic carbocycles. The molecule has 0 bridgehead atoms. The molecule has 2 rings (SSSR count). The molecule has 0 saturated heterocycles. The Morgan fingerprint density at radius 1 is 1.16 bits per heavy atom. The average molecular weight is 324 g/mol. The van der Waals surface area contributed by atoms with E-state index >= 15 is 0 Å². The normalized spacial score (nSPS) is 10.8. The van der Waals surface area contributed by atoms with E-state index in [9.17, 15) is 4.39 Å². The minimum Gasteiger partial charge on any atom is -0.329 e. The van der Waals surface area contributed by atoms with Crippen molar-refractivity contribution in [2.24, 2.45) is 0 Å². The Balaban J connectivity index is 2.38. The van der Waals surface area contributed by atoms with Crippen LogP contribution >= 0.6 is 15.9 Å². The second-order valence-electron chi connectivity index (χ2n) is 4.60. The molecule has 0 aliphatic rings. The first kappa shape index (κ1) is 13.9. The van der Waals surface area contributed by atoms with Crippen molar-refractivity contribution in [3.05, 3.63) is 46.6 Å². The number of hydrogen-bond donors (Lipinski definition) is 0. The molecule has 0 unspecified atom stereocenters. The topological polar surface area (TPSA) is 29.0 Å². The number of anilines is 2.